The van der Waals surface area contributed by atoms with Crippen molar-refractivity contribution in [3.05, 3.63) is 75.6 Å². The van der Waals surface area contributed by atoms with Gasteiger partial charge in [-0.1, -0.05) is 30.7 Å². The number of hydrogen-bond donors (Lipinski definition) is 2. The molecular formula is C22H24N2O3. The zero-order valence-electron chi connectivity index (χ0n) is 15.8. The Morgan fingerprint density at radius 3 is 2.59 bits per heavy atom. The number of H-pyrrole nitrogens is 1. The lowest BCUT2D eigenvalue weighted by atomic mass is 9.97. The molecule has 140 valence electrons. The second kappa shape index (κ2) is 8.08. The van der Waals surface area contributed by atoms with E-state index in [2.05, 4.69) is 10.3 Å². The Balaban J connectivity index is 1.63. The van der Waals surface area contributed by atoms with Gasteiger partial charge in [-0.25, -0.2) is 0 Å². The number of ether oxygens (including phenoxy) is 1. The normalized spacial score (nSPS) is 12.0. The molecule has 0 saturated carbocycles. The molecule has 5 nitrogen and oxygen atoms in total. The summed E-state index contributed by atoms with van der Waals surface area (Å²) in [5.74, 6) is 0.789. The highest BCUT2D eigenvalue weighted by Crippen LogP contribution is 2.21. The summed E-state index contributed by atoms with van der Waals surface area (Å²) < 4.78 is 5.15. The second-order valence-corrected chi connectivity index (χ2v) is 6.87. The summed E-state index contributed by atoms with van der Waals surface area (Å²) in [6.45, 7) is 4.23. The Hall–Kier alpha value is -3.08. The number of hydrogen-bond acceptors (Lipinski definition) is 3. The molecule has 1 unspecified atom stereocenters. The standard InChI is InChI=1S/C22H24N2O3/c1-14-4-9-20-17(10-14)12-18(22(26)24-20)13-23-21(25)11-15(2)16-5-7-19(27-3)8-6-16/h4-10,12,15H,11,13H2,1-3H3,(H,23,25)(H,24,26). The van der Waals surface area contributed by atoms with Gasteiger partial charge in [-0.2, -0.15) is 0 Å². The van der Waals surface area contributed by atoms with Crippen molar-refractivity contribution in [2.75, 3.05) is 7.11 Å². The number of carbonyl (C=O) groups excluding carboxylic acids is 1. The highest BCUT2D eigenvalue weighted by Gasteiger charge is 2.12. The fraction of sp³-hybridized carbons (Fsp3) is 0.273. The van der Waals surface area contributed by atoms with E-state index in [4.69, 9.17) is 4.74 Å². The molecule has 0 aliphatic heterocycles. The minimum Gasteiger partial charge on any atom is -0.497 e. The first-order valence-electron chi connectivity index (χ1n) is 8.99. The topological polar surface area (TPSA) is 71.2 Å². The third-order valence-corrected chi connectivity index (χ3v) is 4.73. The Kier molecular flexibility index (Phi) is 5.60. The molecule has 3 rings (SSSR count). The van der Waals surface area contributed by atoms with Crippen LogP contribution in [0.1, 0.15) is 36.0 Å². The summed E-state index contributed by atoms with van der Waals surface area (Å²) in [5, 5.41) is 3.82. The van der Waals surface area contributed by atoms with Crippen molar-refractivity contribution in [3.63, 3.8) is 0 Å². The summed E-state index contributed by atoms with van der Waals surface area (Å²) in [7, 11) is 1.63. The van der Waals surface area contributed by atoms with Crippen LogP contribution >= 0.6 is 0 Å². The monoisotopic (exact) mass is 364 g/mol. The van der Waals surface area contributed by atoms with Crippen molar-refractivity contribution in [2.24, 2.45) is 0 Å². The lowest BCUT2D eigenvalue weighted by Crippen LogP contribution is -2.27. The number of pyridine rings is 1. The number of methoxy groups -OCH3 is 1. The number of carbonyl (C=O) groups is 1. The van der Waals surface area contributed by atoms with Gasteiger partial charge in [0.25, 0.3) is 5.56 Å². The lowest BCUT2D eigenvalue weighted by Gasteiger charge is -2.13. The van der Waals surface area contributed by atoms with E-state index < -0.39 is 0 Å². The van der Waals surface area contributed by atoms with Crippen molar-refractivity contribution in [2.45, 2.75) is 32.7 Å². The maximum atomic E-state index is 12.3. The van der Waals surface area contributed by atoms with Gasteiger partial charge in [0.1, 0.15) is 5.75 Å². The molecule has 1 atom stereocenters. The largest absolute Gasteiger partial charge is 0.497 e. The molecule has 0 aliphatic carbocycles. The summed E-state index contributed by atoms with van der Waals surface area (Å²) >= 11 is 0. The van der Waals surface area contributed by atoms with Crippen molar-refractivity contribution in [1.29, 1.82) is 0 Å². The average Bonchev–Trinajstić information content (AvgIpc) is 2.66. The highest BCUT2D eigenvalue weighted by atomic mass is 16.5. The third kappa shape index (κ3) is 4.56. The first kappa shape index (κ1) is 18.7. The predicted molar refractivity (Wildman–Crippen MR) is 107 cm³/mol. The highest BCUT2D eigenvalue weighted by molar-refractivity contribution is 5.80. The van der Waals surface area contributed by atoms with E-state index in [1.807, 2.05) is 62.4 Å². The van der Waals surface area contributed by atoms with Gasteiger partial charge in [0.05, 0.1) is 7.11 Å². The number of rotatable bonds is 6. The van der Waals surface area contributed by atoms with Crippen LogP contribution in [0.5, 0.6) is 5.75 Å². The van der Waals surface area contributed by atoms with Gasteiger partial charge in [-0.15, -0.1) is 0 Å². The van der Waals surface area contributed by atoms with Crippen LogP contribution in [0.2, 0.25) is 0 Å². The molecule has 1 heterocycles. The second-order valence-electron chi connectivity index (χ2n) is 6.87. The number of nitrogens with one attached hydrogen (secondary N) is 2. The molecule has 0 aliphatic rings. The zero-order chi connectivity index (χ0) is 19.4. The maximum absolute atomic E-state index is 12.3. The van der Waals surface area contributed by atoms with Crippen LogP contribution in [0.15, 0.2) is 53.3 Å². The Morgan fingerprint density at radius 1 is 1.15 bits per heavy atom. The van der Waals surface area contributed by atoms with Crippen LogP contribution in [0, 0.1) is 6.92 Å². The molecule has 0 spiro atoms. The van der Waals surface area contributed by atoms with Gasteiger partial charge in [0.15, 0.2) is 0 Å². The number of fused-ring (bicyclic) bond motifs is 1. The van der Waals surface area contributed by atoms with E-state index in [1.165, 1.54) is 0 Å². The number of aryl methyl sites for hydroxylation is 1. The van der Waals surface area contributed by atoms with Crippen molar-refractivity contribution < 1.29 is 9.53 Å². The predicted octanol–water partition coefficient (Wildman–Crippen LogP) is 3.66. The molecule has 1 amide bonds. The SMILES string of the molecule is COc1ccc(C(C)CC(=O)NCc2cc3cc(C)ccc3[nH]c2=O)cc1. The van der Waals surface area contributed by atoms with E-state index in [9.17, 15) is 9.59 Å². The molecule has 0 radical (unpaired) electrons. The van der Waals surface area contributed by atoms with E-state index in [0.29, 0.717) is 12.0 Å². The fourth-order valence-electron chi connectivity index (χ4n) is 3.10. The van der Waals surface area contributed by atoms with Crippen LogP contribution in [0.3, 0.4) is 0 Å². The van der Waals surface area contributed by atoms with E-state index in [-0.39, 0.29) is 23.9 Å². The number of benzene rings is 2. The zero-order valence-corrected chi connectivity index (χ0v) is 15.8. The molecule has 5 heteroatoms. The quantitative estimate of drug-likeness (QED) is 0.701. The Labute approximate surface area is 158 Å². The smallest absolute Gasteiger partial charge is 0.253 e. The van der Waals surface area contributed by atoms with Gasteiger partial charge in [0.2, 0.25) is 5.91 Å². The van der Waals surface area contributed by atoms with Crippen LogP contribution in [0.4, 0.5) is 0 Å². The molecule has 1 aromatic heterocycles. The average molecular weight is 364 g/mol. The van der Waals surface area contributed by atoms with Crippen LogP contribution in [-0.2, 0) is 11.3 Å². The summed E-state index contributed by atoms with van der Waals surface area (Å²) in [6, 6.07) is 15.4. The number of amides is 1. The first-order valence-corrected chi connectivity index (χ1v) is 8.99. The summed E-state index contributed by atoms with van der Waals surface area (Å²) in [5.41, 5.74) is 3.38. The van der Waals surface area contributed by atoms with E-state index in [0.717, 1.165) is 27.8 Å². The minimum atomic E-state index is -0.171. The van der Waals surface area contributed by atoms with Crippen LogP contribution in [-0.4, -0.2) is 18.0 Å². The fourth-order valence-corrected chi connectivity index (χ4v) is 3.10. The summed E-state index contributed by atoms with van der Waals surface area (Å²) in [4.78, 5) is 27.4. The van der Waals surface area contributed by atoms with Crippen molar-refractivity contribution in [3.8, 4) is 5.75 Å². The number of aromatic nitrogens is 1. The summed E-state index contributed by atoms with van der Waals surface area (Å²) in [6.07, 6.45) is 0.358. The maximum Gasteiger partial charge on any atom is 0.253 e. The molecule has 3 aromatic rings. The molecule has 0 saturated heterocycles. The molecule has 0 bridgehead atoms. The molecule has 27 heavy (non-hydrogen) atoms. The van der Waals surface area contributed by atoms with Gasteiger partial charge >= 0.3 is 0 Å². The molecular weight excluding hydrogens is 340 g/mol. The third-order valence-electron chi connectivity index (χ3n) is 4.73. The van der Waals surface area contributed by atoms with Gasteiger partial charge < -0.3 is 15.0 Å². The Morgan fingerprint density at radius 2 is 1.89 bits per heavy atom. The van der Waals surface area contributed by atoms with Gasteiger partial charge in [-0.05, 0) is 54.1 Å². The lowest BCUT2D eigenvalue weighted by molar-refractivity contribution is -0.121. The van der Waals surface area contributed by atoms with E-state index >= 15 is 0 Å². The van der Waals surface area contributed by atoms with Crippen molar-refractivity contribution >= 4 is 16.8 Å². The van der Waals surface area contributed by atoms with Gasteiger partial charge in [-0.3, -0.25) is 9.59 Å². The van der Waals surface area contributed by atoms with Crippen LogP contribution < -0.4 is 15.6 Å². The Bertz CT molecular complexity index is 1010. The molecule has 0 fully saturated rings. The molecule has 2 N–H and O–H groups in total. The van der Waals surface area contributed by atoms with Crippen molar-refractivity contribution in [1.82, 2.24) is 10.3 Å². The van der Waals surface area contributed by atoms with E-state index in [1.54, 1.807) is 7.11 Å². The van der Waals surface area contributed by atoms with Gasteiger partial charge in [0, 0.05) is 24.0 Å². The first-order chi connectivity index (χ1) is 13.0. The van der Waals surface area contributed by atoms with Crippen LogP contribution in [0.25, 0.3) is 10.9 Å². The molecule has 2 aromatic carbocycles. The minimum absolute atomic E-state index is 0.0773. The number of aromatic amines is 1.